The highest BCUT2D eigenvalue weighted by Gasteiger charge is 2.41. The minimum atomic E-state index is -0.924. The number of rotatable bonds is 1. The van der Waals surface area contributed by atoms with Crippen LogP contribution in [0.4, 0.5) is 0 Å². The number of nitro groups is 1. The second kappa shape index (κ2) is 2.75. The molecule has 1 saturated heterocycles. The molecule has 1 fully saturated rings. The van der Waals surface area contributed by atoms with Gasteiger partial charge in [0.25, 0.3) is 5.54 Å². The van der Waals surface area contributed by atoms with E-state index in [0.29, 0.717) is 13.3 Å². The summed E-state index contributed by atoms with van der Waals surface area (Å²) in [5, 5.41) is 10.5. The third kappa shape index (κ3) is 1.66. The molecule has 0 aromatic carbocycles. The summed E-state index contributed by atoms with van der Waals surface area (Å²) >= 11 is 0. The monoisotopic (exact) mass is 160 g/mol. The van der Waals surface area contributed by atoms with Crippen LogP contribution in [0.5, 0.6) is 0 Å². The molecule has 0 N–H and O–H groups in total. The number of nitrogens with zero attached hydrogens (tertiary/aromatic N) is 2. The number of hydrogen-bond acceptors (Lipinski definition) is 4. The van der Waals surface area contributed by atoms with E-state index in [1.54, 1.807) is 18.9 Å². The highest BCUT2D eigenvalue weighted by molar-refractivity contribution is 4.79. The van der Waals surface area contributed by atoms with Crippen molar-refractivity contribution in [3.63, 3.8) is 0 Å². The lowest BCUT2D eigenvalue weighted by Gasteiger charge is -2.31. The molecule has 0 radical (unpaired) electrons. The van der Waals surface area contributed by atoms with E-state index in [4.69, 9.17) is 4.74 Å². The first kappa shape index (κ1) is 8.42. The van der Waals surface area contributed by atoms with Gasteiger partial charge in [0.2, 0.25) is 0 Å². The summed E-state index contributed by atoms with van der Waals surface area (Å²) in [6.07, 6.45) is 0. The van der Waals surface area contributed by atoms with Crippen LogP contribution < -0.4 is 0 Å². The Morgan fingerprint density at radius 2 is 2.36 bits per heavy atom. The molecule has 0 aliphatic carbocycles. The fourth-order valence-corrected chi connectivity index (χ4v) is 1.20. The Kier molecular flexibility index (Phi) is 2.10. The summed E-state index contributed by atoms with van der Waals surface area (Å²) in [5.74, 6) is 0. The lowest BCUT2D eigenvalue weighted by atomic mass is 10.0. The molecule has 0 unspecified atom stereocenters. The van der Waals surface area contributed by atoms with Crippen LogP contribution in [0.1, 0.15) is 6.92 Å². The first-order valence-corrected chi connectivity index (χ1v) is 3.45. The molecule has 0 bridgehead atoms. The lowest BCUT2D eigenvalue weighted by molar-refractivity contribution is -0.575. The zero-order valence-electron chi connectivity index (χ0n) is 6.74. The summed E-state index contributed by atoms with van der Waals surface area (Å²) < 4.78 is 5.04. The van der Waals surface area contributed by atoms with Crippen LogP contribution >= 0.6 is 0 Å². The molecular weight excluding hydrogens is 148 g/mol. The van der Waals surface area contributed by atoms with E-state index >= 15 is 0 Å². The first-order valence-electron chi connectivity index (χ1n) is 3.45. The lowest BCUT2D eigenvalue weighted by Crippen LogP contribution is -2.53. The molecule has 0 spiro atoms. The molecular formula is C6H12N2O3. The van der Waals surface area contributed by atoms with Gasteiger partial charge in [-0.25, -0.2) is 0 Å². The van der Waals surface area contributed by atoms with Crippen molar-refractivity contribution in [2.45, 2.75) is 12.5 Å². The Hall–Kier alpha value is -0.680. The summed E-state index contributed by atoms with van der Waals surface area (Å²) in [6.45, 7) is 2.76. The standard InChI is InChI=1S/C6H12N2O3/c1-6(8(9)10)3-7(2)5-11-4-6/h3-5H2,1-2H3/t6-/m0/s1. The van der Waals surface area contributed by atoms with Crippen molar-refractivity contribution < 1.29 is 9.66 Å². The molecule has 0 aromatic rings. The minimum absolute atomic E-state index is 0.213. The van der Waals surface area contributed by atoms with Gasteiger partial charge in [-0.05, 0) is 7.05 Å². The number of ether oxygens (including phenoxy) is 1. The van der Waals surface area contributed by atoms with E-state index in [0.717, 1.165) is 0 Å². The van der Waals surface area contributed by atoms with Gasteiger partial charge in [-0.15, -0.1) is 0 Å². The average Bonchev–Trinajstić information content (AvgIpc) is 1.86. The van der Waals surface area contributed by atoms with Crippen LogP contribution in [0, 0.1) is 10.1 Å². The maximum absolute atomic E-state index is 10.5. The third-order valence-electron chi connectivity index (χ3n) is 1.78. The van der Waals surface area contributed by atoms with Gasteiger partial charge in [0.05, 0.1) is 13.3 Å². The van der Waals surface area contributed by atoms with Crippen LogP contribution in [0.25, 0.3) is 0 Å². The highest BCUT2D eigenvalue weighted by atomic mass is 16.6. The Bertz CT molecular complexity index is 173. The largest absolute Gasteiger partial charge is 0.359 e. The molecule has 11 heavy (non-hydrogen) atoms. The second-order valence-corrected chi connectivity index (χ2v) is 3.25. The van der Waals surface area contributed by atoms with E-state index in [-0.39, 0.29) is 11.5 Å². The summed E-state index contributed by atoms with van der Waals surface area (Å²) in [7, 11) is 1.81. The minimum Gasteiger partial charge on any atom is -0.359 e. The molecule has 1 aliphatic heterocycles. The van der Waals surface area contributed by atoms with Gasteiger partial charge < -0.3 is 4.74 Å². The Morgan fingerprint density at radius 3 is 2.73 bits per heavy atom. The van der Waals surface area contributed by atoms with E-state index in [9.17, 15) is 10.1 Å². The van der Waals surface area contributed by atoms with Crippen molar-refractivity contribution in [2.24, 2.45) is 0 Å². The van der Waals surface area contributed by atoms with E-state index < -0.39 is 5.54 Å². The topological polar surface area (TPSA) is 55.6 Å². The van der Waals surface area contributed by atoms with Gasteiger partial charge in [0, 0.05) is 11.8 Å². The van der Waals surface area contributed by atoms with Crippen molar-refractivity contribution in [1.29, 1.82) is 0 Å². The molecule has 1 aliphatic rings. The predicted octanol–water partition coefficient (Wildman–Crippen LogP) is -0.0587. The normalized spacial score (nSPS) is 33.6. The first-order chi connectivity index (χ1) is 5.04. The van der Waals surface area contributed by atoms with Gasteiger partial charge in [-0.3, -0.25) is 15.0 Å². The molecule has 5 nitrogen and oxygen atoms in total. The highest BCUT2D eigenvalue weighted by Crippen LogP contribution is 2.15. The van der Waals surface area contributed by atoms with Gasteiger partial charge in [0.1, 0.15) is 6.61 Å². The Balaban J connectivity index is 2.63. The van der Waals surface area contributed by atoms with Gasteiger partial charge >= 0.3 is 0 Å². The average molecular weight is 160 g/mol. The second-order valence-electron chi connectivity index (χ2n) is 3.25. The van der Waals surface area contributed by atoms with Crippen LogP contribution in [-0.4, -0.2) is 42.3 Å². The van der Waals surface area contributed by atoms with Crippen LogP contribution in [0.2, 0.25) is 0 Å². The molecule has 1 atom stereocenters. The van der Waals surface area contributed by atoms with Gasteiger partial charge in [0.15, 0.2) is 0 Å². The SMILES string of the molecule is CN1COC[C@@](C)([N+](=O)[O-])C1. The summed E-state index contributed by atoms with van der Waals surface area (Å²) in [5.41, 5.74) is -0.924. The quantitative estimate of drug-likeness (QED) is 0.398. The van der Waals surface area contributed by atoms with Crippen molar-refractivity contribution in [3.05, 3.63) is 10.1 Å². The van der Waals surface area contributed by atoms with Crippen LogP contribution in [0.15, 0.2) is 0 Å². The number of hydrogen-bond donors (Lipinski definition) is 0. The third-order valence-corrected chi connectivity index (χ3v) is 1.78. The van der Waals surface area contributed by atoms with Gasteiger partial charge in [-0.1, -0.05) is 0 Å². The van der Waals surface area contributed by atoms with Crippen LogP contribution in [0.3, 0.4) is 0 Å². The molecule has 0 aromatic heterocycles. The molecule has 5 heteroatoms. The number of likely N-dealkylation sites (N-methyl/N-ethyl adjacent to an activating group) is 1. The summed E-state index contributed by atoms with van der Waals surface area (Å²) in [6, 6.07) is 0. The summed E-state index contributed by atoms with van der Waals surface area (Å²) in [4.78, 5) is 12.0. The van der Waals surface area contributed by atoms with E-state index in [2.05, 4.69) is 0 Å². The van der Waals surface area contributed by atoms with Crippen molar-refractivity contribution in [2.75, 3.05) is 26.9 Å². The van der Waals surface area contributed by atoms with Gasteiger partial charge in [-0.2, -0.15) is 0 Å². The zero-order valence-corrected chi connectivity index (χ0v) is 6.74. The molecule has 0 amide bonds. The predicted molar refractivity (Wildman–Crippen MR) is 38.8 cm³/mol. The van der Waals surface area contributed by atoms with E-state index in [1.807, 2.05) is 0 Å². The fraction of sp³-hybridized carbons (Fsp3) is 1.00. The smallest absolute Gasteiger partial charge is 0.254 e. The van der Waals surface area contributed by atoms with Crippen molar-refractivity contribution in [1.82, 2.24) is 4.90 Å². The molecule has 64 valence electrons. The zero-order chi connectivity index (χ0) is 8.48. The maximum atomic E-state index is 10.5. The molecule has 0 saturated carbocycles. The van der Waals surface area contributed by atoms with E-state index in [1.165, 1.54) is 0 Å². The van der Waals surface area contributed by atoms with Crippen molar-refractivity contribution >= 4 is 0 Å². The Morgan fingerprint density at radius 1 is 1.73 bits per heavy atom. The Labute approximate surface area is 65.1 Å². The fourth-order valence-electron chi connectivity index (χ4n) is 1.20. The van der Waals surface area contributed by atoms with Crippen molar-refractivity contribution in [3.8, 4) is 0 Å². The molecule has 1 rings (SSSR count). The molecule has 1 heterocycles. The van der Waals surface area contributed by atoms with Crippen LogP contribution in [-0.2, 0) is 4.74 Å². The maximum Gasteiger partial charge on any atom is 0.254 e.